The molecular weight excluding hydrogens is 198 g/mol. The fourth-order valence-corrected chi connectivity index (χ4v) is 1.67. The maximum absolute atomic E-state index is 11.2. The van der Waals surface area contributed by atoms with Crippen molar-refractivity contribution < 1.29 is 4.79 Å². The zero-order valence-electron chi connectivity index (χ0n) is 10.6. The first kappa shape index (κ1) is 12.8. The minimum Gasteiger partial charge on any atom is -0.353 e. The molecule has 0 aliphatic carbocycles. The number of amides is 1. The first-order valence-electron chi connectivity index (χ1n) is 5.70. The molecular formula is C14H21NO. The van der Waals surface area contributed by atoms with E-state index in [0.717, 1.165) is 6.42 Å². The first-order valence-corrected chi connectivity index (χ1v) is 5.70. The summed E-state index contributed by atoms with van der Waals surface area (Å²) in [6, 6.07) is 10.4. The Morgan fingerprint density at radius 2 is 1.81 bits per heavy atom. The molecule has 1 aromatic rings. The van der Waals surface area contributed by atoms with Crippen LogP contribution in [0, 0.1) is 5.41 Å². The van der Waals surface area contributed by atoms with Gasteiger partial charge in [0.1, 0.15) is 0 Å². The van der Waals surface area contributed by atoms with E-state index >= 15 is 0 Å². The van der Waals surface area contributed by atoms with Crippen LogP contribution in [0.4, 0.5) is 0 Å². The van der Waals surface area contributed by atoms with E-state index < -0.39 is 0 Å². The number of nitrogens with one attached hydrogen (secondary N) is 1. The van der Waals surface area contributed by atoms with E-state index in [4.69, 9.17) is 0 Å². The second-order valence-corrected chi connectivity index (χ2v) is 5.31. The number of rotatable bonds is 3. The molecule has 0 heterocycles. The van der Waals surface area contributed by atoms with Gasteiger partial charge >= 0.3 is 0 Å². The van der Waals surface area contributed by atoms with Crippen molar-refractivity contribution in [1.29, 1.82) is 0 Å². The molecule has 0 aliphatic heterocycles. The van der Waals surface area contributed by atoms with Crippen LogP contribution in [-0.2, 0) is 11.2 Å². The Bertz CT molecular complexity index is 338. The normalized spacial score (nSPS) is 13.2. The predicted octanol–water partition coefficient (Wildman–Crippen LogP) is 2.78. The molecule has 0 spiro atoms. The Morgan fingerprint density at radius 3 is 2.25 bits per heavy atom. The summed E-state index contributed by atoms with van der Waals surface area (Å²) in [4.78, 5) is 11.2. The summed E-state index contributed by atoms with van der Waals surface area (Å²) >= 11 is 0. The number of carbonyl (C=O) groups excluding carboxylic acids is 1. The number of hydrogen-bond donors (Lipinski definition) is 1. The van der Waals surface area contributed by atoms with E-state index in [1.54, 1.807) is 6.92 Å². The number of hydrogen-bond acceptors (Lipinski definition) is 1. The molecule has 0 aromatic heterocycles. The standard InChI is InChI=1S/C14H21NO/c1-11(16)15-13(14(2,3)4)10-12-8-6-5-7-9-12/h5-9,13H,10H2,1-4H3,(H,15,16). The second-order valence-electron chi connectivity index (χ2n) is 5.31. The van der Waals surface area contributed by atoms with Gasteiger partial charge in [0, 0.05) is 13.0 Å². The molecule has 1 atom stereocenters. The van der Waals surface area contributed by atoms with Gasteiger partial charge in [-0.1, -0.05) is 51.1 Å². The maximum atomic E-state index is 11.2. The van der Waals surface area contributed by atoms with Crippen molar-refractivity contribution in [1.82, 2.24) is 5.32 Å². The molecule has 0 saturated carbocycles. The average Bonchev–Trinajstić information content (AvgIpc) is 2.16. The Balaban J connectivity index is 2.75. The van der Waals surface area contributed by atoms with Gasteiger partial charge in [-0.15, -0.1) is 0 Å². The largest absolute Gasteiger partial charge is 0.353 e. The molecule has 0 aliphatic rings. The second kappa shape index (κ2) is 5.15. The molecule has 88 valence electrons. The third-order valence-electron chi connectivity index (χ3n) is 2.71. The van der Waals surface area contributed by atoms with Crippen LogP contribution in [0.2, 0.25) is 0 Å². The lowest BCUT2D eigenvalue weighted by Crippen LogP contribution is -2.44. The van der Waals surface area contributed by atoms with E-state index in [1.807, 2.05) is 18.2 Å². The summed E-state index contributed by atoms with van der Waals surface area (Å²) in [5.74, 6) is 0.0378. The lowest BCUT2D eigenvalue weighted by Gasteiger charge is -2.31. The number of carbonyl (C=O) groups is 1. The smallest absolute Gasteiger partial charge is 0.217 e. The quantitative estimate of drug-likeness (QED) is 0.832. The summed E-state index contributed by atoms with van der Waals surface area (Å²) in [7, 11) is 0. The molecule has 0 bridgehead atoms. The summed E-state index contributed by atoms with van der Waals surface area (Å²) in [5, 5.41) is 3.03. The summed E-state index contributed by atoms with van der Waals surface area (Å²) < 4.78 is 0. The van der Waals surface area contributed by atoms with Gasteiger partial charge in [-0.25, -0.2) is 0 Å². The Labute approximate surface area is 98.1 Å². The highest BCUT2D eigenvalue weighted by atomic mass is 16.1. The Kier molecular flexibility index (Phi) is 4.11. The fraction of sp³-hybridized carbons (Fsp3) is 0.500. The van der Waals surface area contributed by atoms with Crippen LogP contribution in [0.5, 0.6) is 0 Å². The van der Waals surface area contributed by atoms with Gasteiger partial charge in [0.2, 0.25) is 5.91 Å². The van der Waals surface area contributed by atoms with Crippen LogP contribution in [-0.4, -0.2) is 11.9 Å². The highest BCUT2D eigenvalue weighted by molar-refractivity contribution is 5.73. The molecule has 0 radical (unpaired) electrons. The minimum absolute atomic E-state index is 0.0378. The average molecular weight is 219 g/mol. The molecule has 1 rings (SSSR count). The zero-order chi connectivity index (χ0) is 12.2. The zero-order valence-corrected chi connectivity index (χ0v) is 10.6. The highest BCUT2D eigenvalue weighted by Gasteiger charge is 2.25. The van der Waals surface area contributed by atoms with Gasteiger partial charge in [0.15, 0.2) is 0 Å². The molecule has 1 N–H and O–H groups in total. The molecule has 1 unspecified atom stereocenters. The van der Waals surface area contributed by atoms with Crippen molar-refractivity contribution in [3.8, 4) is 0 Å². The monoisotopic (exact) mass is 219 g/mol. The fourth-order valence-electron chi connectivity index (χ4n) is 1.67. The van der Waals surface area contributed by atoms with E-state index in [9.17, 15) is 4.79 Å². The molecule has 0 saturated heterocycles. The summed E-state index contributed by atoms with van der Waals surface area (Å²) in [6.45, 7) is 8.02. The van der Waals surface area contributed by atoms with Gasteiger partial charge in [-0.05, 0) is 17.4 Å². The van der Waals surface area contributed by atoms with Crippen LogP contribution in [0.15, 0.2) is 30.3 Å². The molecule has 16 heavy (non-hydrogen) atoms. The van der Waals surface area contributed by atoms with Crippen LogP contribution in [0.1, 0.15) is 33.3 Å². The van der Waals surface area contributed by atoms with Gasteiger partial charge in [0.25, 0.3) is 0 Å². The van der Waals surface area contributed by atoms with Crippen molar-refractivity contribution in [3.05, 3.63) is 35.9 Å². The van der Waals surface area contributed by atoms with E-state index in [1.165, 1.54) is 5.56 Å². The molecule has 0 fully saturated rings. The topological polar surface area (TPSA) is 29.1 Å². The van der Waals surface area contributed by atoms with Crippen LogP contribution in [0.25, 0.3) is 0 Å². The van der Waals surface area contributed by atoms with E-state index in [2.05, 4.69) is 38.2 Å². The first-order chi connectivity index (χ1) is 7.39. The predicted molar refractivity (Wildman–Crippen MR) is 67.2 cm³/mol. The Morgan fingerprint density at radius 1 is 1.25 bits per heavy atom. The van der Waals surface area contributed by atoms with Crippen LogP contribution in [0.3, 0.4) is 0 Å². The molecule has 2 nitrogen and oxygen atoms in total. The van der Waals surface area contributed by atoms with E-state index in [-0.39, 0.29) is 17.4 Å². The molecule has 1 aromatic carbocycles. The van der Waals surface area contributed by atoms with Gasteiger partial charge in [-0.2, -0.15) is 0 Å². The SMILES string of the molecule is CC(=O)NC(Cc1ccccc1)C(C)(C)C. The number of benzene rings is 1. The summed E-state index contributed by atoms with van der Waals surface area (Å²) in [6.07, 6.45) is 0.879. The molecule has 2 heteroatoms. The van der Waals surface area contributed by atoms with E-state index in [0.29, 0.717) is 0 Å². The lowest BCUT2D eigenvalue weighted by atomic mass is 9.83. The van der Waals surface area contributed by atoms with Crippen LogP contribution >= 0.6 is 0 Å². The summed E-state index contributed by atoms with van der Waals surface area (Å²) in [5.41, 5.74) is 1.33. The van der Waals surface area contributed by atoms with Crippen molar-refractivity contribution in [3.63, 3.8) is 0 Å². The van der Waals surface area contributed by atoms with Crippen LogP contribution < -0.4 is 5.32 Å². The Hall–Kier alpha value is -1.31. The lowest BCUT2D eigenvalue weighted by molar-refractivity contribution is -0.120. The minimum atomic E-state index is 0.0378. The van der Waals surface area contributed by atoms with Crippen molar-refractivity contribution in [2.24, 2.45) is 5.41 Å². The molecule has 1 amide bonds. The van der Waals surface area contributed by atoms with Crippen molar-refractivity contribution in [2.75, 3.05) is 0 Å². The van der Waals surface area contributed by atoms with Crippen molar-refractivity contribution >= 4 is 5.91 Å². The third kappa shape index (κ3) is 4.05. The maximum Gasteiger partial charge on any atom is 0.217 e. The van der Waals surface area contributed by atoms with Gasteiger partial charge in [0.05, 0.1) is 0 Å². The van der Waals surface area contributed by atoms with Gasteiger partial charge in [-0.3, -0.25) is 4.79 Å². The third-order valence-corrected chi connectivity index (χ3v) is 2.71. The highest BCUT2D eigenvalue weighted by Crippen LogP contribution is 2.22. The van der Waals surface area contributed by atoms with Gasteiger partial charge < -0.3 is 5.32 Å². The van der Waals surface area contributed by atoms with Crippen molar-refractivity contribution in [2.45, 2.75) is 40.2 Å².